The van der Waals surface area contributed by atoms with E-state index in [-0.39, 0.29) is 29.7 Å². The number of aromatic amines is 1. The Balaban J connectivity index is 2.03. The lowest BCUT2D eigenvalue weighted by Crippen LogP contribution is -2.42. The van der Waals surface area contributed by atoms with Crippen molar-refractivity contribution in [2.45, 2.75) is 46.6 Å². The number of nitrogens with one attached hydrogen (secondary N) is 1. The summed E-state index contributed by atoms with van der Waals surface area (Å²) >= 11 is 7.29. The molecule has 0 aliphatic carbocycles. The largest absolute Gasteiger partial charge is 0.383 e. The summed E-state index contributed by atoms with van der Waals surface area (Å²) in [6.45, 7) is 6.67. The third-order valence-electron chi connectivity index (χ3n) is 5.21. The van der Waals surface area contributed by atoms with E-state index in [9.17, 15) is 14.4 Å². The highest BCUT2D eigenvalue weighted by molar-refractivity contribution is 7.13. The van der Waals surface area contributed by atoms with E-state index in [0.29, 0.717) is 29.4 Å². The number of nitrogen functional groups attached to an aromatic ring is 1. The van der Waals surface area contributed by atoms with Crippen molar-refractivity contribution < 1.29 is 4.79 Å². The normalized spacial score (nSPS) is 11.2. The fourth-order valence-corrected chi connectivity index (χ4v) is 4.24. The number of carbonyl (C=O) groups is 1. The van der Waals surface area contributed by atoms with Gasteiger partial charge in [-0.25, -0.2) is 9.78 Å². The fourth-order valence-electron chi connectivity index (χ4n) is 3.31. The molecule has 3 N–H and O–H groups in total. The van der Waals surface area contributed by atoms with Crippen LogP contribution in [-0.4, -0.2) is 27.0 Å². The molecule has 3 rings (SSSR count). The molecule has 0 fully saturated rings. The van der Waals surface area contributed by atoms with Crippen LogP contribution in [-0.2, 0) is 6.54 Å². The lowest BCUT2D eigenvalue weighted by Gasteiger charge is -2.24. The number of carbonyl (C=O) groups excluding carboxylic acids is 1. The van der Waals surface area contributed by atoms with Gasteiger partial charge in [-0.05, 0) is 30.9 Å². The number of unbranched alkanes of at least 4 members (excludes halogenated alkanes) is 1. The Bertz CT molecular complexity index is 1230. The number of thiazole rings is 1. The summed E-state index contributed by atoms with van der Waals surface area (Å²) < 4.78 is 1.32. The SMILES string of the molecule is CCCCn1c(N)c(N(CCC(C)C)C(=O)c2csc(-c3ccc(Cl)cc3)n2)c(=O)[nH]c1=O. The monoisotopic (exact) mass is 489 g/mol. The third-order valence-corrected chi connectivity index (χ3v) is 6.35. The molecule has 0 saturated heterocycles. The van der Waals surface area contributed by atoms with E-state index >= 15 is 0 Å². The number of hydrogen-bond acceptors (Lipinski definition) is 6. The van der Waals surface area contributed by atoms with E-state index in [0.717, 1.165) is 12.0 Å². The molecule has 2 heterocycles. The molecule has 0 spiro atoms. The number of H-pyrrole nitrogens is 1. The maximum atomic E-state index is 13.5. The average molecular weight is 490 g/mol. The van der Waals surface area contributed by atoms with Gasteiger partial charge in [-0.15, -0.1) is 11.3 Å². The molecule has 1 aromatic carbocycles. The van der Waals surface area contributed by atoms with Gasteiger partial charge in [0.05, 0.1) is 0 Å². The van der Waals surface area contributed by atoms with E-state index < -0.39 is 17.2 Å². The number of hydrogen-bond donors (Lipinski definition) is 2. The van der Waals surface area contributed by atoms with Crippen molar-refractivity contribution in [1.82, 2.24) is 14.5 Å². The van der Waals surface area contributed by atoms with E-state index in [1.165, 1.54) is 20.8 Å². The van der Waals surface area contributed by atoms with Crippen molar-refractivity contribution in [3.05, 3.63) is 61.2 Å². The molecular formula is C23H28ClN5O3S. The van der Waals surface area contributed by atoms with Gasteiger partial charge >= 0.3 is 5.69 Å². The Morgan fingerprint density at radius 3 is 2.61 bits per heavy atom. The Kier molecular flexibility index (Phi) is 8.10. The standard InChI is InChI=1S/C23H28ClN5O3S/c1-4-5-11-29-19(25)18(20(30)27-23(29)32)28(12-10-14(2)3)22(31)17-13-33-21(26-17)15-6-8-16(24)9-7-15/h6-9,13-14H,4-5,10-12,25H2,1-3H3,(H,27,30,32). The van der Waals surface area contributed by atoms with Gasteiger partial charge in [0.2, 0.25) is 0 Å². The molecule has 0 aliphatic heterocycles. The van der Waals surface area contributed by atoms with E-state index in [4.69, 9.17) is 17.3 Å². The van der Waals surface area contributed by atoms with Gasteiger partial charge in [-0.1, -0.05) is 50.9 Å². The number of amides is 1. The van der Waals surface area contributed by atoms with Gasteiger partial charge in [0.25, 0.3) is 11.5 Å². The maximum Gasteiger partial charge on any atom is 0.330 e. The molecule has 1 amide bonds. The van der Waals surface area contributed by atoms with Crippen LogP contribution in [0.3, 0.4) is 0 Å². The van der Waals surface area contributed by atoms with Crippen LogP contribution in [0.1, 0.15) is 50.5 Å². The minimum Gasteiger partial charge on any atom is -0.383 e. The number of anilines is 2. The molecule has 0 unspecified atom stereocenters. The maximum absolute atomic E-state index is 13.5. The number of nitrogens with two attached hydrogens (primary N) is 1. The molecule has 3 aromatic rings. The van der Waals surface area contributed by atoms with Crippen LogP contribution >= 0.6 is 22.9 Å². The highest BCUT2D eigenvalue weighted by Gasteiger charge is 2.27. The molecule has 0 aliphatic rings. The summed E-state index contributed by atoms with van der Waals surface area (Å²) in [4.78, 5) is 46.8. The topological polar surface area (TPSA) is 114 Å². The van der Waals surface area contributed by atoms with Crippen molar-refractivity contribution in [2.24, 2.45) is 5.92 Å². The summed E-state index contributed by atoms with van der Waals surface area (Å²) in [5, 5.41) is 2.93. The number of benzene rings is 1. The van der Waals surface area contributed by atoms with Crippen LogP contribution in [0.15, 0.2) is 39.2 Å². The second kappa shape index (κ2) is 10.8. The van der Waals surface area contributed by atoms with Gasteiger partial charge in [-0.2, -0.15) is 0 Å². The molecule has 2 aromatic heterocycles. The minimum absolute atomic E-state index is 0.0116. The van der Waals surface area contributed by atoms with Gasteiger partial charge < -0.3 is 5.73 Å². The number of halogens is 1. The van der Waals surface area contributed by atoms with Crippen LogP contribution in [0.4, 0.5) is 11.5 Å². The lowest BCUT2D eigenvalue weighted by molar-refractivity contribution is 0.0981. The molecule has 0 atom stereocenters. The fraction of sp³-hybridized carbons (Fsp3) is 0.391. The van der Waals surface area contributed by atoms with Crippen molar-refractivity contribution in [3.8, 4) is 10.6 Å². The zero-order valence-corrected chi connectivity index (χ0v) is 20.5. The Labute approximate surface area is 201 Å². The predicted molar refractivity (Wildman–Crippen MR) is 134 cm³/mol. The Morgan fingerprint density at radius 1 is 1.27 bits per heavy atom. The van der Waals surface area contributed by atoms with Gasteiger partial charge in [0.15, 0.2) is 5.69 Å². The van der Waals surface area contributed by atoms with Gasteiger partial charge in [0, 0.05) is 29.1 Å². The highest BCUT2D eigenvalue weighted by Crippen LogP contribution is 2.27. The summed E-state index contributed by atoms with van der Waals surface area (Å²) in [7, 11) is 0. The predicted octanol–water partition coefficient (Wildman–Crippen LogP) is 4.39. The van der Waals surface area contributed by atoms with E-state index in [1.54, 1.807) is 17.5 Å². The molecular weight excluding hydrogens is 462 g/mol. The van der Waals surface area contributed by atoms with Crippen molar-refractivity contribution >= 4 is 40.4 Å². The van der Waals surface area contributed by atoms with Crippen molar-refractivity contribution in [3.63, 3.8) is 0 Å². The zero-order chi connectivity index (χ0) is 24.1. The summed E-state index contributed by atoms with van der Waals surface area (Å²) in [6.07, 6.45) is 2.21. The number of rotatable bonds is 9. The first-order valence-corrected chi connectivity index (χ1v) is 12.1. The van der Waals surface area contributed by atoms with Crippen LogP contribution in [0.2, 0.25) is 5.02 Å². The summed E-state index contributed by atoms with van der Waals surface area (Å²) in [5.74, 6) is -0.167. The van der Waals surface area contributed by atoms with Crippen LogP contribution in [0, 0.1) is 5.92 Å². The van der Waals surface area contributed by atoms with Gasteiger partial charge in [-0.3, -0.25) is 24.0 Å². The Morgan fingerprint density at radius 2 is 1.97 bits per heavy atom. The summed E-state index contributed by atoms with van der Waals surface area (Å²) in [6, 6.07) is 7.18. The van der Waals surface area contributed by atoms with Crippen molar-refractivity contribution in [1.29, 1.82) is 0 Å². The summed E-state index contributed by atoms with van der Waals surface area (Å²) in [5.41, 5.74) is 6.04. The van der Waals surface area contributed by atoms with Crippen LogP contribution in [0.25, 0.3) is 10.6 Å². The van der Waals surface area contributed by atoms with Gasteiger partial charge in [0.1, 0.15) is 16.5 Å². The molecule has 176 valence electrons. The van der Waals surface area contributed by atoms with Crippen LogP contribution in [0.5, 0.6) is 0 Å². The second-order valence-corrected chi connectivity index (χ2v) is 9.48. The quantitative estimate of drug-likeness (QED) is 0.462. The van der Waals surface area contributed by atoms with Crippen molar-refractivity contribution in [2.75, 3.05) is 17.2 Å². The molecule has 10 heteroatoms. The first-order chi connectivity index (χ1) is 15.7. The smallest absolute Gasteiger partial charge is 0.330 e. The molecule has 8 nitrogen and oxygen atoms in total. The molecule has 0 radical (unpaired) electrons. The molecule has 33 heavy (non-hydrogen) atoms. The highest BCUT2D eigenvalue weighted by atomic mass is 35.5. The van der Waals surface area contributed by atoms with Crippen LogP contribution < -0.4 is 21.9 Å². The number of nitrogens with zero attached hydrogens (tertiary/aromatic N) is 3. The second-order valence-electron chi connectivity index (χ2n) is 8.18. The van der Waals surface area contributed by atoms with E-state index in [2.05, 4.69) is 9.97 Å². The average Bonchev–Trinajstić information content (AvgIpc) is 3.26. The lowest BCUT2D eigenvalue weighted by atomic mass is 10.1. The zero-order valence-electron chi connectivity index (χ0n) is 18.9. The van der Waals surface area contributed by atoms with E-state index in [1.807, 2.05) is 32.9 Å². The first-order valence-electron chi connectivity index (χ1n) is 10.9. The first kappa shape index (κ1) is 24.7. The number of aromatic nitrogens is 3. The molecule has 0 saturated carbocycles. The Hall–Kier alpha value is -2.91. The molecule has 0 bridgehead atoms. The third kappa shape index (κ3) is 5.72. The minimum atomic E-state index is -0.685.